The van der Waals surface area contributed by atoms with Gasteiger partial charge in [-0.15, -0.1) is 0 Å². The van der Waals surface area contributed by atoms with Crippen LogP contribution < -0.4 is 10.9 Å². The van der Waals surface area contributed by atoms with Crippen LogP contribution >= 0.6 is 15.9 Å². The number of fused-ring (bicyclic) bond motifs is 1. The number of phenolic OH excluding ortho intramolecular Hbond substituents is 1. The van der Waals surface area contributed by atoms with E-state index in [-0.39, 0.29) is 5.75 Å². The van der Waals surface area contributed by atoms with Gasteiger partial charge in [-0.2, -0.15) is 0 Å². The van der Waals surface area contributed by atoms with Gasteiger partial charge in [-0.25, -0.2) is 4.79 Å². The number of phenols is 1. The van der Waals surface area contributed by atoms with Gasteiger partial charge in [0.25, 0.3) is 0 Å². The van der Waals surface area contributed by atoms with Crippen LogP contribution in [0.15, 0.2) is 86.5 Å². The van der Waals surface area contributed by atoms with E-state index < -0.39 is 5.63 Å². The van der Waals surface area contributed by atoms with Gasteiger partial charge in [-0.05, 0) is 41.5 Å². The number of aromatic hydroxyl groups is 1. The molecule has 1 heterocycles. The summed E-state index contributed by atoms with van der Waals surface area (Å²) in [7, 11) is 0. The van der Waals surface area contributed by atoms with Crippen molar-refractivity contribution in [2.75, 3.05) is 5.32 Å². The van der Waals surface area contributed by atoms with Crippen LogP contribution in [0.3, 0.4) is 0 Å². The molecule has 0 amide bonds. The summed E-state index contributed by atoms with van der Waals surface area (Å²) >= 11 is 3.44. The van der Waals surface area contributed by atoms with Crippen molar-refractivity contribution >= 4 is 32.6 Å². The summed E-state index contributed by atoms with van der Waals surface area (Å²) < 4.78 is 6.43. The maximum Gasteiger partial charge on any atom is 0.336 e. The second kappa shape index (κ2) is 7.29. The number of hydrogen-bond donors (Lipinski definition) is 2. The average Bonchev–Trinajstić information content (AvgIpc) is 2.67. The Morgan fingerprint density at radius 2 is 1.78 bits per heavy atom. The highest BCUT2D eigenvalue weighted by atomic mass is 79.9. The first-order valence-corrected chi connectivity index (χ1v) is 9.25. The molecular weight excluding hydrogens is 406 g/mol. The number of halogens is 1. The van der Waals surface area contributed by atoms with Crippen LogP contribution in [0, 0.1) is 0 Å². The van der Waals surface area contributed by atoms with E-state index in [9.17, 15) is 9.90 Å². The van der Waals surface area contributed by atoms with E-state index >= 15 is 0 Å². The lowest BCUT2D eigenvalue weighted by Gasteiger charge is -2.12. The molecule has 0 atom stereocenters. The molecule has 4 aromatic rings. The molecule has 5 heteroatoms. The SMILES string of the molecule is O=c1cc(-c2ccccc2)c2ccc(O)c(CNc3cccc(Br)c3)c2o1. The Morgan fingerprint density at radius 1 is 0.963 bits per heavy atom. The lowest BCUT2D eigenvalue weighted by Crippen LogP contribution is -2.04. The molecule has 0 saturated carbocycles. The van der Waals surface area contributed by atoms with Crippen molar-refractivity contribution in [3.05, 3.63) is 93.3 Å². The van der Waals surface area contributed by atoms with Crippen LogP contribution in [0.1, 0.15) is 5.56 Å². The van der Waals surface area contributed by atoms with Crippen molar-refractivity contribution < 1.29 is 9.52 Å². The zero-order valence-electron chi connectivity index (χ0n) is 14.3. The van der Waals surface area contributed by atoms with Gasteiger partial charge in [0.15, 0.2) is 0 Å². The van der Waals surface area contributed by atoms with Gasteiger partial charge in [-0.3, -0.25) is 0 Å². The number of nitrogens with one attached hydrogen (secondary N) is 1. The monoisotopic (exact) mass is 421 g/mol. The van der Waals surface area contributed by atoms with Gasteiger partial charge in [0.1, 0.15) is 11.3 Å². The number of benzene rings is 3. The molecule has 0 fully saturated rings. The van der Waals surface area contributed by atoms with E-state index in [1.165, 1.54) is 6.07 Å². The quantitative estimate of drug-likeness (QED) is 0.424. The Bertz CT molecular complexity index is 1170. The molecule has 0 bridgehead atoms. The average molecular weight is 422 g/mol. The molecule has 4 nitrogen and oxygen atoms in total. The summed E-state index contributed by atoms with van der Waals surface area (Å²) in [5.41, 5.74) is 3.08. The molecule has 0 aliphatic carbocycles. The van der Waals surface area contributed by atoms with Crippen molar-refractivity contribution in [3.8, 4) is 16.9 Å². The topological polar surface area (TPSA) is 62.5 Å². The number of anilines is 1. The van der Waals surface area contributed by atoms with Crippen LogP contribution in [-0.2, 0) is 6.54 Å². The second-order valence-corrected chi connectivity index (χ2v) is 7.06. The van der Waals surface area contributed by atoms with Gasteiger partial charge in [-0.1, -0.05) is 52.3 Å². The van der Waals surface area contributed by atoms with Crippen LogP contribution in [0.2, 0.25) is 0 Å². The lowest BCUT2D eigenvalue weighted by molar-refractivity contribution is 0.466. The summed E-state index contributed by atoms with van der Waals surface area (Å²) in [4.78, 5) is 12.2. The van der Waals surface area contributed by atoms with Gasteiger partial charge >= 0.3 is 5.63 Å². The molecule has 4 rings (SSSR count). The fourth-order valence-electron chi connectivity index (χ4n) is 3.09. The van der Waals surface area contributed by atoms with E-state index in [1.54, 1.807) is 12.1 Å². The van der Waals surface area contributed by atoms with Crippen molar-refractivity contribution in [2.45, 2.75) is 6.54 Å². The molecule has 0 unspecified atom stereocenters. The van der Waals surface area contributed by atoms with Gasteiger partial charge in [0, 0.05) is 28.2 Å². The van der Waals surface area contributed by atoms with Gasteiger partial charge < -0.3 is 14.8 Å². The van der Waals surface area contributed by atoms with Gasteiger partial charge in [0.2, 0.25) is 0 Å². The standard InChI is InChI=1S/C22H16BrNO3/c23-15-7-4-8-16(11-15)24-13-19-20(25)10-9-17-18(12-21(26)27-22(17)19)14-5-2-1-3-6-14/h1-12,24-25H,13H2. The molecule has 27 heavy (non-hydrogen) atoms. The first-order chi connectivity index (χ1) is 13.1. The molecule has 0 saturated heterocycles. The largest absolute Gasteiger partial charge is 0.507 e. The molecule has 134 valence electrons. The second-order valence-electron chi connectivity index (χ2n) is 6.15. The maximum absolute atomic E-state index is 12.2. The predicted octanol–water partition coefficient (Wildman–Crippen LogP) is 5.54. The highest BCUT2D eigenvalue weighted by Gasteiger charge is 2.14. The van der Waals surface area contributed by atoms with Crippen molar-refractivity contribution in [3.63, 3.8) is 0 Å². The summed E-state index contributed by atoms with van der Waals surface area (Å²) in [6.07, 6.45) is 0. The normalized spacial score (nSPS) is 10.9. The maximum atomic E-state index is 12.2. The van der Waals surface area contributed by atoms with Crippen molar-refractivity contribution in [2.24, 2.45) is 0 Å². The Balaban J connectivity index is 1.82. The summed E-state index contributed by atoms with van der Waals surface area (Å²) in [6.45, 7) is 0.320. The fourth-order valence-corrected chi connectivity index (χ4v) is 3.49. The predicted molar refractivity (Wildman–Crippen MR) is 111 cm³/mol. The lowest BCUT2D eigenvalue weighted by atomic mass is 9.99. The fraction of sp³-hybridized carbons (Fsp3) is 0.0455. The highest BCUT2D eigenvalue weighted by molar-refractivity contribution is 9.10. The third-order valence-corrected chi connectivity index (χ3v) is 4.86. The smallest absolute Gasteiger partial charge is 0.336 e. The van der Waals surface area contributed by atoms with Gasteiger partial charge in [0.05, 0.1) is 5.56 Å². The minimum Gasteiger partial charge on any atom is -0.507 e. The summed E-state index contributed by atoms with van der Waals surface area (Å²) in [5, 5.41) is 14.4. The molecular formula is C22H16BrNO3. The van der Waals surface area contributed by atoms with Crippen molar-refractivity contribution in [1.82, 2.24) is 0 Å². The van der Waals surface area contributed by atoms with Crippen LogP contribution in [0.25, 0.3) is 22.1 Å². The van der Waals surface area contributed by atoms with E-state index in [2.05, 4.69) is 21.2 Å². The minimum atomic E-state index is -0.448. The van der Waals surface area contributed by atoms with E-state index in [0.29, 0.717) is 17.7 Å². The van der Waals surface area contributed by atoms with E-state index in [1.807, 2.05) is 54.6 Å². The molecule has 0 radical (unpaired) electrons. The van der Waals surface area contributed by atoms with Crippen LogP contribution in [0.5, 0.6) is 5.75 Å². The molecule has 0 spiro atoms. The van der Waals surface area contributed by atoms with E-state index in [4.69, 9.17) is 4.42 Å². The Kier molecular flexibility index (Phi) is 4.69. The molecule has 0 aliphatic rings. The Hall–Kier alpha value is -3.05. The van der Waals surface area contributed by atoms with Crippen LogP contribution in [-0.4, -0.2) is 5.11 Å². The van der Waals surface area contributed by atoms with E-state index in [0.717, 1.165) is 26.7 Å². The minimum absolute atomic E-state index is 0.0818. The molecule has 1 aromatic heterocycles. The summed E-state index contributed by atoms with van der Waals surface area (Å²) in [5.74, 6) is 0.0818. The molecule has 3 aromatic carbocycles. The van der Waals surface area contributed by atoms with Crippen molar-refractivity contribution in [1.29, 1.82) is 0 Å². The highest BCUT2D eigenvalue weighted by Crippen LogP contribution is 2.33. The third-order valence-electron chi connectivity index (χ3n) is 4.37. The third kappa shape index (κ3) is 3.59. The number of hydrogen-bond acceptors (Lipinski definition) is 4. The first kappa shape index (κ1) is 17.4. The zero-order chi connectivity index (χ0) is 18.8. The Labute approximate surface area is 164 Å². The Morgan fingerprint density at radius 3 is 2.56 bits per heavy atom. The molecule has 2 N–H and O–H groups in total. The van der Waals surface area contributed by atoms with Crippen LogP contribution in [0.4, 0.5) is 5.69 Å². The zero-order valence-corrected chi connectivity index (χ0v) is 15.9. The molecule has 0 aliphatic heterocycles. The first-order valence-electron chi connectivity index (χ1n) is 8.45. The summed E-state index contributed by atoms with van der Waals surface area (Å²) in [6, 6.07) is 22.3. The number of rotatable bonds is 4.